The summed E-state index contributed by atoms with van der Waals surface area (Å²) >= 11 is 0. The molecule has 19 heavy (non-hydrogen) atoms. The maximum Gasteiger partial charge on any atom is 0.255 e. The lowest BCUT2D eigenvalue weighted by Crippen LogP contribution is -2.12. The third kappa shape index (κ3) is 3.31. The predicted molar refractivity (Wildman–Crippen MR) is 75.0 cm³/mol. The molecule has 2 rings (SSSR count). The Balaban J connectivity index is 2.10. The Morgan fingerprint density at radius 1 is 1.11 bits per heavy atom. The van der Waals surface area contributed by atoms with Crippen molar-refractivity contribution in [2.24, 2.45) is 0 Å². The lowest BCUT2D eigenvalue weighted by molar-refractivity contribution is 0.102. The molecule has 2 N–H and O–H groups in total. The summed E-state index contributed by atoms with van der Waals surface area (Å²) in [6.45, 7) is 2.82. The Morgan fingerprint density at radius 2 is 1.79 bits per heavy atom. The smallest absolute Gasteiger partial charge is 0.255 e. The first-order valence-corrected chi connectivity index (χ1v) is 6.10. The molecule has 0 heterocycles. The van der Waals surface area contributed by atoms with E-state index in [0.29, 0.717) is 5.56 Å². The molecular weight excluding hydrogens is 243 g/mol. The second kappa shape index (κ2) is 6.00. The van der Waals surface area contributed by atoms with Crippen molar-refractivity contribution >= 4 is 17.3 Å². The van der Waals surface area contributed by atoms with E-state index in [2.05, 4.69) is 10.6 Å². The monoisotopic (exact) mass is 258 g/mol. The number of nitrogens with one attached hydrogen (secondary N) is 2. The van der Waals surface area contributed by atoms with Gasteiger partial charge < -0.3 is 10.6 Å². The van der Waals surface area contributed by atoms with Gasteiger partial charge in [-0.2, -0.15) is 0 Å². The van der Waals surface area contributed by atoms with Crippen molar-refractivity contribution in [2.75, 3.05) is 17.2 Å². The lowest BCUT2D eigenvalue weighted by Gasteiger charge is -2.07. The molecule has 2 aromatic rings. The molecule has 98 valence electrons. The molecule has 0 unspecified atom stereocenters. The minimum absolute atomic E-state index is 0.184. The first-order chi connectivity index (χ1) is 9.20. The summed E-state index contributed by atoms with van der Waals surface area (Å²) in [7, 11) is 0. The Morgan fingerprint density at radius 3 is 2.42 bits per heavy atom. The molecule has 0 saturated carbocycles. The van der Waals surface area contributed by atoms with Crippen LogP contribution in [0.2, 0.25) is 0 Å². The molecule has 0 bridgehead atoms. The highest BCUT2D eigenvalue weighted by Gasteiger charge is 2.08. The Kier molecular flexibility index (Phi) is 4.13. The van der Waals surface area contributed by atoms with Crippen molar-refractivity contribution in [3.63, 3.8) is 0 Å². The van der Waals surface area contributed by atoms with Crippen molar-refractivity contribution in [1.29, 1.82) is 0 Å². The molecule has 3 nitrogen and oxygen atoms in total. The van der Waals surface area contributed by atoms with Gasteiger partial charge in [-0.05, 0) is 43.3 Å². The summed E-state index contributed by atoms with van der Waals surface area (Å²) in [5, 5.41) is 5.68. The van der Waals surface area contributed by atoms with Gasteiger partial charge in [0.05, 0.1) is 5.69 Å². The summed E-state index contributed by atoms with van der Waals surface area (Å²) in [5.41, 5.74) is 1.62. The third-order valence-electron chi connectivity index (χ3n) is 2.65. The van der Waals surface area contributed by atoms with Crippen LogP contribution in [-0.2, 0) is 0 Å². The molecular formula is C15H15FN2O. The highest BCUT2D eigenvalue weighted by atomic mass is 19.1. The van der Waals surface area contributed by atoms with Crippen molar-refractivity contribution < 1.29 is 9.18 Å². The summed E-state index contributed by atoms with van der Waals surface area (Å²) in [5.74, 6) is -0.770. The molecule has 1 amide bonds. The Hall–Kier alpha value is -2.36. The van der Waals surface area contributed by atoms with Crippen LogP contribution in [0.25, 0.3) is 0 Å². The van der Waals surface area contributed by atoms with Gasteiger partial charge in [0, 0.05) is 17.8 Å². The highest BCUT2D eigenvalue weighted by Crippen LogP contribution is 2.15. The zero-order valence-electron chi connectivity index (χ0n) is 10.6. The van der Waals surface area contributed by atoms with Crippen LogP contribution in [0, 0.1) is 5.82 Å². The molecule has 0 saturated heterocycles. The maximum absolute atomic E-state index is 13.4. The quantitative estimate of drug-likeness (QED) is 0.881. The zero-order valence-corrected chi connectivity index (χ0v) is 10.6. The van der Waals surface area contributed by atoms with E-state index in [4.69, 9.17) is 0 Å². The van der Waals surface area contributed by atoms with E-state index in [0.717, 1.165) is 12.2 Å². The van der Waals surface area contributed by atoms with Crippen molar-refractivity contribution in [3.05, 3.63) is 59.9 Å². The SMILES string of the molecule is CCNc1ccc(C(=O)Nc2ccccc2F)cc1. The molecule has 0 aromatic heterocycles. The number of carbonyl (C=O) groups is 1. The maximum atomic E-state index is 13.4. The fourth-order valence-corrected chi connectivity index (χ4v) is 1.70. The van der Waals surface area contributed by atoms with Crippen LogP contribution in [-0.4, -0.2) is 12.5 Å². The van der Waals surface area contributed by atoms with Crippen molar-refractivity contribution in [1.82, 2.24) is 0 Å². The van der Waals surface area contributed by atoms with Gasteiger partial charge in [-0.25, -0.2) is 4.39 Å². The van der Waals surface area contributed by atoms with E-state index < -0.39 is 5.82 Å². The minimum Gasteiger partial charge on any atom is -0.385 e. The number of carbonyl (C=O) groups excluding carboxylic acids is 1. The van der Waals surface area contributed by atoms with Crippen LogP contribution < -0.4 is 10.6 Å². The van der Waals surface area contributed by atoms with Crippen LogP contribution in [0.3, 0.4) is 0 Å². The molecule has 0 fully saturated rings. The fraction of sp³-hybridized carbons (Fsp3) is 0.133. The van der Waals surface area contributed by atoms with E-state index >= 15 is 0 Å². The van der Waals surface area contributed by atoms with Gasteiger partial charge in [0.15, 0.2) is 0 Å². The average molecular weight is 258 g/mol. The molecule has 2 aromatic carbocycles. The zero-order chi connectivity index (χ0) is 13.7. The predicted octanol–water partition coefficient (Wildman–Crippen LogP) is 3.51. The number of hydrogen-bond acceptors (Lipinski definition) is 2. The van der Waals surface area contributed by atoms with Crippen LogP contribution >= 0.6 is 0 Å². The van der Waals surface area contributed by atoms with Gasteiger partial charge in [-0.3, -0.25) is 4.79 Å². The van der Waals surface area contributed by atoms with Gasteiger partial charge in [-0.15, -0.1) is 0 Å². The van der Waals surface area contributed by atoms with E-state index in [9.17, 15) is 9.18 Å². The lowest BCUT2D eigenvalue weighted by atomic mass is 10.2. The standard InChI is InChI=1S/C15H15FN2O/c1-2-17-12-9-7-11(8-10-12)15(19)18-14-6-4-3-5-13(14)16/h3-10,17H,2H2,1H3,(H,18,19). The fourth-order valence-electron chi connectivity index (χ4n) is 1.70. The van der Waals surface area contributed by atoms with Crippen LogP contribution in [0.5, 0.6) is 0 Å². The first kappa shape index (κ1) is 13.1. The van der Waals surface area contributed by atoms with E-state index in [1.54, 1.807) is 24.3 Å². The third-order valence-corrected chi connectivity index (χ3v) is 2.65. The highest BCUT2D eigenvalue weighted by molar-refractivity contribution is 6.04. The number of rotatable bonds is 4. The Bertz CT molecular complexity index is 567. The van der Waals surface area contributed by atoms with Gasteiger partial charge in [0.1, 0.15) is 5.82 Å². The molecule has 0 aliphatic rings. The largest absolute Gasteiger partial charge is 0.385 e. The van der Waals surface area contributed by atoms with E-state index in [1.165, 1.54) is 12.1 Å². The van der Waals surface area contributed by atoms with Crippen LogP contribution in [0.1, 0.15) is 17.3 Å². The summed E-state index contributed by atoms with van der Waals surface area (Å²) in [6.07, 6.45) is 0. The van der Waals surface area contributed by atoms with Gasteiger partial charge in [0.25, 0.3) is 5.91 Å². The van der Waals surface area contributed by atoms with Gasteiger partial charge >= 0.3 is 0 Å². The summed E-state index contributed by atoms with van der Waals surface area (Å²) in [4.78, 5) is 11.9. The number of hydrogen-bond donors (Lipinski definition) is 2. The number of halogens is 1. The van der Waals surface area contributed by atoms with Gasteiger partial charge in [0.2, 0.25) is 0 Å². The number of para-hydroxylation sites is 1. The molecule has 0 aliphatic heterocycles. The normalized spacial score (nSPS) is 10.0. The average Bonchev–Trinajstić information content (AvgIpc) is 2.42. The first-order valence-electron chi connectivity index (χ1n) is 6.10. The number of amides is 1. The molecule has 0 atom stereocenters. The number of anilines is 2. The molecule has 0 spiro atoms. The van der Waals surface area contributed by atoms with E-state index in [1.807, 2.05) is 19.1 Å². The van der Waals surface area contributed by atoms with Crippen molar-refractivity contribution in [3.8, 4) is 0 Å². The Labute approximate surface area is 111 Å². The van der Waals surface area contributed by atoms with Crippen LogP contribution in [0.15, 0.2) is 48.5 Å². The second-order valence-corrected chi connectivity index (χ2v) is 4.04. The number of benzene rings is 2. The minimum atomic E-state index is -0.444. The molecule has 0 aliphatic carbocycles. The molecule has 0 radical (unpaired) electrons. The van der Waals surface area contributed by atoms with Crippen LogP contribution in [0.4, 0.5) is 15.8 Å². The summed E-state index contributed by atoms with van der Waals surface area (Å²) in [6, 6.07) is 13.1. The molecule has 4 heteroatoms. The van der Waals surface area contributed by atoms with E-state index in [-0.39, 0.29) is 11.6 Å². The van der Waals surface area contributed by atoms with Gasteiger partial charge in [-0.1, -0.05) is 12.1 Å². The summed E-state index contributed by atoms with van der Waals surface area (Å²) < 4.78 is 13.4. The second-order valence-electron chi connectivity index (χ2n) is 4.04. The van der Waals surface area contributed by atoms with Crippen molar-refractivity contribution in [2.45, 2.75) is 6.92 Å². The topological polar surface area (TPSA) is 41.1 Å².